The molecule has 2 spiro atoms. The van der Waals surface area contributed by atoms with Gasteiger partial charge in [0.1, 0.15) is 29.5 Å². The van der Waals surface area contributed by atoms with Gasteiger partial charge in [0, 0.05) is 48.6 Å². The van der Waals surface area contributed by atoms with E-state index in [2.05, 4.69) is 11.5 Å². The number of aliphatic hydroxyl groups excluding tert-OH is 1. The number of piperidine rings is 2. The molecule has 3 heterocycles. The Hall–Kier alpha value is -2.01. The maximum absolute atomic E-state index is 13.1. The number of fused-ring (bicyclic) bond motifs is 1. The maximum Gasteiger partial charge on any atom is 0.309 e. The van der Waals surface area contributed by atoms with E-state index in [1.165, 1.54) is 13.8 Å². The molecule has 3 saturated heterocycles. The summed E-state index contributed by atoms with van der Waals surface area (Å²) in [6.07, 6.45) is -2.61. The Labute approximate surface area is 227 Å². The monoisotopic (exact) mass is 545 g/mol. The van der Waals surface area contributed by atoms with Crippen molar-refractivity contribution in [1.29, 1.82) is 0 Å². The van der Waals surface area contributed by atoms with Crippen molar-refractivity contribution in [1.82, 2.24) is 4.90 Å². The number of aliphatic hydroxyl groups is 3. The lowest BCUT2D eigenvalue weighted by Gasteiger charge is -2.71. The predicted molar refractivity (Wildman–Crippen MR) is 134 cm³/mol. The molecule has 9 aliphatic rings. The molecule has 15 unspecified atom stereocenters. The lowest BCUT2D eigenvalue weighted by molar-refractivity contribution is -0.346. The number of carbonyl (C=O) groups excluding carboxylic acids is 3. The summed E-state index contributed by atoms with van der Waals surface area (Å²) in [5.74, 6) is -2.91. The van der Waals surface area contributed by atoms with Gasteiger partial charge in [-0.2, -0.15) is 0 Å². The third-order valence-electron chi connectivity index (χ3n) is 12.5. The first kappa shape index (κ1) is 25.9. The fraction of sp³-hybridized carbons (Fsp3) is 0.828. The Morgan fingerprint density at radius 3 is 2.36 bits per heavy atom. The molecule has 9 rings (SSSR count). The molecule has 0 aromatic heterocycles. The number of rotatable bonds is 5. The van der Waals surface area contributed by atoms with E-state index in [1.807, 2.05) is 13.8 Å². The molecule has 6 aliphatic carbocycles. The molecule has 9 bridgehead atoms. The minimum absolute atomic E-state index is 0.0440. The topological polar surface area (TPSA) is 143 Å². The van der Waals surface area contributed by atoms with Crippen molar-refractivity contribution in [2.75, 3.05) is 6.54 Å². The van der Waals surface area contributed by atoms with Crippen LogP contribution in [0.2, 0.25) is 0 Å². The molecular formula is C29H39NO9. The van der Waals surface area contributed by atoms with Crippen LogP contribution in [0.15, 0.2) is 12.2 Å². The van der Waals surface area contributed by atoms with Crippen LogP contribution in [0.4, 0.5) is 0 Å². The van der Waals surface area contributed by atoms with Gasteiger partial charge < -0.3 is 29.5 Å². The summed E-state index contributed by atoms with van der Waals surface area (Å²) in [7, 11) is 0. The molecule has 3 aliphatic heterocycles. The van der Waals surface area contributed by atoms with Gasteiger partial charge in [0.05, 0.1) is 18.1 Å². The second-order valence-electron chi connectivity index (χ2n) is 13.9. The average molecular weight is 546 g/mol. The Bertz CT molecular complexity index is 1220. The van der Waals surface area contributed by atoms with Gasteiger partial charge in [-0.3, -0.25) is 19.3 Å². The van der Waals surface area contributed by atoms with Crippen molar-refractivity contribution in [3.63, 3.8) is 0 Å². The van der Waals surface area contributed by atoms with E-state index < -0.39 is 81.7 Å². The average Bonchev–Trinajstić information content (AvgIpc) is 3.27. The number of hydrogen-bond donors (Lipinski definition) is 3. The minimum Gasteiger partial charge on any atom is -0.459 e. The van der Waals surface area contributed by atoms with Crippen molar-refractivity contribution in [2.45, 2.75) is 108 Å². The maximum atomic E-state index is 13.1. The van der Waals surface area contributed by atoms with Crippen molar-refractivity contribution >= 4 is 17.9 Å². The molecular weight excluding hydrogens is 506 g/mol. The number of nitrogens with zero attached hydrogens (tertiary/aromatic N) is 1. The largest absolute Gasteiger partial charge is 0.459 e. The molecule has 15 atom stereocenters. The van der Waals surface area contributed by atoms with Crippen LogP contribution < -0.4 is 0 Å². The third-order valence-corrected chi connectivity index (χ3v) is 12.5. The second kappa shape index (κ2) is 7.24. The molecule has 10 nitrogen and oxygen atoms in total. The van der Waals surface area contributed by atoms with E-state index in [0.29, 0.717) is 31.4 Å². The lowest BCUT2D eigenvalue weighted by atomic mass is 9.36. The fourth-order valence-electron chi connectivity index (χ4n) is 11.7. The zero-order valence-electron chi connectivity index (χ0n) is 23.2. The number of ether oxygens (including phenoxy) is 3. The zero-order valence-corrected chi connectivity index (χ0v) is 23.2. The predicted octanol–water partition coefficient (Wildman–Crippen LogP) is 0.703. The van der Waals surface area contributed by atoms with Gasteiger partial charge in [0.2, 0.25) is 0 Å². The standard InChI is InChI=1S/C29H39NO9/c1-7-12(2)23(34)39-17-10-27-19-16-9-26-8-13(3)18(20(33)29(26,27)36)22(38-15(5)32)28(26,35)24(27)30(16)11-25(19,6)21(17)37-14(4)31/h12,16-22,24,33,35-36H,3,7-11H2,1-2,4-6H3. The van der Waals surface area contributed by atoms with Gasteiger partial charge in [-0.1, -0.05) is 32.9 Å². The van der Waals surface area contributed by atoms with Crippen molar-refractivity contribution in [3.05, 3.63) is 12.2 Å². The summed E-state index contributed by atoms with van der Waals surface area (Å²) in [5.41, 5.74) is -5.68. The molecule has 0 aromatic rings. The van der Waals surface area contributed by atoms with E-state index in [-0.39, 0.29) is 24.3 Å². The van der Waals surface area contributed by atoms with Crippen molar-refractivity contribution in [2.24, 2.45) is 34.0 Å². The van der Waals surface area contributed by atoms with Crippen LogP contribution in [0.5, 0.6) is 0 Å². The summed E-state index contributed by atoms with van der Waals surface area (Å²) in [5, 5.41) is 38.0. The van der Waals surface area contributed by atoms with Gasteiger partial charge in [-0.25, -0.2) is 0 Å². The summed E-state index contributed by atoms with van der Waals surface area (Å²) < 4.78 is 17.9. The van der Waals surface area contributed by atoms with Gasteiger partial charge in [-0.15, -0.1) is 0 Å². The Morgan fingerprint density at radius 2 is 1.74 bits per heavy atom. The summed E-state index contributed by atoms with van der Waals surface area (Å²) in [6.45, 7) is 13.0. The van der Waals surface area contributed by atoms with E-state index in [9.17, 15) is 29.7 Å². The minimum atomic E-state index is -1.75. The third kappa shape index (κ3) is 2.35. The van der Waals surface area contributed by atoms with Crippen LogP contribution >= 0.6 is 0 Å². The summed E-state index contributed by atoms with van der Waals surface area (Å²) in [4.78, 5) is 40.0. The van der Waals surface area contributed by atoms with Crippen LogP contribution in [0.1, 0.15) is 60.3 Å². The number of esters is 3. The quantitative estimate of drug-likeness (QED) is 0.257. The van der Waals surface area contributed by atoms with Gasteiger partial charge >= 0.3 is 17.9 Å². The molecule has 0 amide bonds. The first-order valence-electron chi connectivity index (χ1n) is 14.3. The zero-order chi connectivity index (χ0) is 28.2. The van der Waals surface area contributed by atoms with Gasteiger partial charge in [0.25, 0.3) is 0 Å². The highest BCUT2D eigenvalue weighted by Gasteiger charge is 3.01. The first-order chi connectivity index (χ1) is 18.2. The van der Waals surface area contributed by atoms with E-state index in [1.54, 1.807) is 6.92 Å². The number of hydrogen-bond acceptors (Lipinski definition) is 10. The molecule has 3 N–H and O–H groups in total. The summed E-state index contributed by atoms with van der Waals surface area (Å²) in [6, 6.07) is -0.676. The molecule has 6 saturated carbocycles. The van der Waals surface area contributed by atoms with Crippen LogP contribution in [0, 0.1) is 34.0 Å². The Balaban J connectivity index is 1.44. The van der Waals surface area contributed by atoms with Gasteiger partial charge in [-0.05, 0) is 31.6 Å². The SMILES string of the molecule is C=C1CC23CC4C5C6(C)CN4C4C2(O)C(OC(C)=O)C1C(O)C3(O)C54CC(OC(=O)C(C)CC)C6OC(C)=O. The molecule has 10 heteroatoms. The highest BCUT2D eigenvalue weighted by molar-refractivity contribution is 5.72. The van der Waals surface area contributed by atoms with Crippen LogP contribution in [-0.2, 0) is 28.6 Å². The first-order valence-corrected chi connectivity index (χ1v) is 14.3. The lowest BCUT2D eigenvalue weighted by Crippen LogP contribution is -2.83. The molecule has 0 aromatic carbocycles. The van der Waals surface area contributed by atoms with Crippen LogP contribution in [0.3, 0.4) is 0 Å². The van der Waals surface area contributed by atoms with E-state index in [4.69, 9.17) is 14.2 Å². The molecule has 0 radical (unpaired) electrons. The van der Waals surface area contributed by atoms with E-state index >= 15 is 0 Å². The normalized spacial score (nSPS) is 57.4. The molecule has 39 heavy (non-hydrogen) atoms. The van der Waals surface area contributed by atoms with Crippen LogP contribution in [-0.4, -0.2) is 92.4 Å². The highest BCUT2D eigenvalue weighted by Crippen LogP contribution is 2.89. The second-order valence-corrected chi connectivity index (χ2v) is 13.9. The Kier molecular flexibility index (Phi) is 4.82. The number of carbonyl (C=O) groups is 3. The van der Waals surface area contributed by atoms with Gasteiger partial charge in [0.15, 0.2) is 0 Å². The highest BCUT2D eigenvalue weighted by atomic mass is 16.6. The smallest absolute Gasteiger partial charge is 0.309 e. The Morgan fingerprint density at radius 1 is 1.10 bits per heavy atom. The van der Waals surface area contributed by atoms with E-state index in [0.717, 1.165) is 0 Å². The van der Waals surface area contributed by atoms with Crippen molar-refractivity contribution < 1.29 is 43.9 Å². The van der Waals surface area contributed by atoms with Crippen molar-refractivity contribution in [3.8, 4) is 0 Å². The molecule has 9 fully saturated rings. The summed E-state index contributed by atoms with van der Waals surface area (Å²) >= 11 is 0. The van der Waals surface area contributed by atoms with Crippen LogP contribution in [0.25, 0.3) is 0 Å². The fourth-order valence-corrected chi connectivity index (χ4v) is 11.7. The molecule has 214 valence electrons.